The third-order valence-corrected chi connectivity index (χ3v) is 4.99. The van der Waals surface area contributed by atoms with Crippen LogP contribution in [0, 0.1) is 6.92 Å². The van der Waals surface area contributed by atoms with Crippen LogP contribution >= 0.6 is 11.3 Å². The smallest absolute Gasteiger partial charge is 0.262 e. The van der Waals surface area contributed by atoms with Gasteiger partial charge in [-0.2, -0.15) is 5.10 Å². The molecule has 0 aliphatic carbocycles. The van der Waals surface area contributed by atoms with Gasteiger partial charge in [-0.05, 0) is 44.2 Å². The van der Waals surface area contributed by atoms with Crippen molar-refractivity contribution in [2.75, 3.05) is 18.5 Å². The molecule has 0 saturated heterocycles. The number of fused-ring (bicyclic) bond motifs is 1. The zero-order valence-corrected chi connectivity index (χ0v) is 17.0. The number of hydrogen-bond acceptors (Lipinski definition) is 6. The normalized spacial score (nSPS) is 14.0. The van der Waals surface area contributed by atoms with E-state index in [2.05, 4.69) is 22.0 Å². The van der Waals surface area contributed by atoms with Gasteiger partial charge in [0.25, 0.3) is 5.91 Å². The van der Waals surface area contributed by atoms with E-state index in [0.29, 0.717) is 23.7 Å². The molecule has 7 nitrogen and oxygen atoms in total. The summed E-state index contributed by atoms with van der Waals surface area (Å²) < 4.78 is 12.8. The van der Waals surface area contributed by atoms with Crippen LogP contribution in [0.15, 0.2) is 62.4 Å². The minimum atomic E-state index is -0.170. The molecule has 0 radical (unpaired) electrons. The second kappa shape index (κ2) is 7.92. The number of nitrogens with one attached hydrogen (secondary N) is 1. The molecule has 0 unspecified atom stereocenters. The van der Waals surface area contributed by atoms with Gasteiger partial charge in [-0.25, -0.2) is 4.68 Å². The van der Waals surface area contributed by atoms with Crippen LogP contribution in [0.1, 0.15) is 18.4 Å². The summed E-state index contributed by atoms with van der Waals surface area (Å²) in [5.41, 5.74) is 3.33. The van der Waals surface area contributed by atoms with Crippen LogP contribution in [0.5, 0.6) is 5.75 Å². The first kappa shape index (κ1) is 18.9. The average Bonchev–Trinajstić information content (AvgIpc) is 3.29. The fourth-order valence-corrected chi connectivity index (χ4v) is 3.64. The van der Waals surface area contributed by atoms with E-state index in [9.17, 15) is 4.79 Å². The number of amides is 1. The highest BCUT2D eigenvalue weighted by Gasteiger charge is 2.17. The molecule has 3 heterocycles. The van der Waals surface area contributed by atoms with Gasteiger partial charge in [0, 0.05) is 10.9 Å². The van der Waals surface area contributed by atoms with Gasteiger partial charge in [-0.1, -0.05) is 12.2 Å². The van der Waals surface area contributed by atoms with Crippen molar-refractivity contribution in [3.05, 3.63) is 64.2 Å². The van der Waals surface area contributed by atoms with E-state index in [-0.39, 0.29) is 12.5 Å². The van der Waals surface area contributed by atoms with Crippen molar-refractivity contribution in [2.24, 2.45) is 10.1 Å². The molecular formula is C21H20N4O3S. The molecule has 0 saturated carbocycles. The summed E-state index contributed by atoms with van der Waals surface area (Å²) in [6.45, 7) is 8.28. The lowest BCUT2D eigenvalue weighted by molar-refractivity contribution is -0.118. The van der Waals surface area contributed by atoms with Gasteiger partial charge in [-0.3, -0.25) is 9.79 Å². The zero-order chi connectivity index (χ0) is 20.4. The highest BCUT2D eigenvalue weighted by atomic mass is 32.1. The third kappa shape index (κ3) is 4.22. The molecule has 0 atom stereocenters. The molecule has 8 heteroatoms. The van der Waals surface area contributed by atoms with E-state index in [0.717, 1.165) is 27.4 Å². The van der Waals surface area contributed by atoms with Crippen molar-refractivity contribution in [2.45, 2.75) is 13.8 Å². The molecule has 0 bridgehead atoms. The summed E-state index contributed by atoms with van der Waals surface area (Å²) in [6, 6.07) is 9.40. The Morgan fingerprint density at radius 1 is 1.38 bits per heavy atom. The number of aryl methyl sites for hydroxylation is 1. The van der Waals surface area contributed by atoms with Crippen molar-refractivity contribution < 1.29 is 13.9 Å². The van der Waals surface area contributed by atoms with Gasteiger partial charge in [0.05, 0.1) is 24.1 Å². The van der Waals surface area contributed by atoms with Gasteiger partial charge >= 0.3 is 0 Å². The number of thiazole rings is 1. The summed E-state index contributed by atoms with van der Waals surface area (Å²) >= 11 is 1.48. The number of carbonyl (C=O) groups excluding carboxylic acids is 1. The van der Waals surface area contributed by atoms with Gasteiger partial charge in [0.2, 0.25) is 4.80 Å². The van der Waals surface area contributed by atoms with Crippen molar-refractivity contribution in [1.82, 2.24) is 4.68 Å². The van der Waals surface area contributed by atoms with Gasteiger partial charge < -0.3 is 14.5 Å². The highest BCUT2D eigenvalue weighted by Crippen LogP contribution is 2.32. The molecule has 1 amide bonds. The first-order valence-electron chi connectivity index (χ1n) is 9.03. The van der Waals surface area contributed by atoms with Crippen LogP contribution in [-0.2, 0) is 4.79 Å². The van der Waals surface area contributed by atoms with Gasteiger partial charge in [0.1, 0.15) is 17.3 Å². The first-order chi connectivity index (χ1) is 14.0. The minimum absolute atomic E-state index is 0.0294. The number of aromatic nitrogens is 1. The largest absolute Gasteiger partial charge is 0.482 e. The second-order valence-corrected chi connectivity index (χ2v) is 7.57. The number of nitrogens with zero attached hydrogens (tertiary/aromatic N) is 3. The van der Waals surface area contributed by atoms with Gasteiger partial charge in [-0.15, -0.1) is 11.3 Å². The number of hydrogen-bond donors (Lipinski definition) is 1. The summed E-state index contributed by atoms with van der Waals surface area (Å²) in [5, 5.41) is 9.42. The monoisotopic (exact) mass is 408 g/mol. The van der Waals surface area contributed by atoms with Gasteiger partial charge in [0.15, 0.2) is 6.61 Å². The fraction of sp³-hybridized carbons (Fsp3) is 0.190. The van der Waals surface area contributed by atoms with E-state index >= 15 is 0 Å². The van der Waals surface area contributed by atoms with Crippen LogP contribution in [0.25, 0.3) is 11.3 Å². The van der Waals surface area contributed by atoms with Crippen LogP contribution in [0.3, 0.4) is 0 Å². The van der Waals surface area contributed by atoms with Crippen molar-refractivity contribution in [1.29, 1.82) is 0 Å². The Hall–Kier alpha value is -3.39. The molecule has 3 aromatic rings. The zero-order valence-electron chi connectivity index (χ0n) is 16.1. The quantitative estimate of drug-likeness (QED) is 0.515. The number of carbonyl (C=O) groups is 1. The second-order valence-electron chi connectivity index (χ2n) is 6.73. The van der Waals surface area contributed by atoms with E-state index in [4.69, 9.17) is 9.15 Å². The standard InChI is InChI=1S/C21H20N4O3S/c1-13(2)9-22-21-25(23-10-16-6-4-14(3)28-16)18(12-29-21)15-5-7-19-17(8-15)24-20(26)11-27-19/h4-8,10,12H,1,9,11H2,2-3H3,(H,24,26). The lowest BCUT2D eigenvalue weighted by Crippen LogP contribution is -2.25. The lowest BCUT2D eigenvalue weighted by Gasteiger charge is -2.18. The number of ether oxygens (including phenoxy) is 1. The Balaban J connectivity index is 1.78. The predicted molar refractivity (Wildman–Crippen MR) is 114 cm³/mol. The Morgan fingerprint density at radius 2 is 2.24 bits per heavy atom. The molecule has 4 rings (SSSR count). The van der Waals surface area contributed by atoms with Crippen molar-refractivity contribution in [3.63, 3.8) is 0 Å². The molecule has 1 aromatic carbocycles. The Morgan fingerprint density at radius 3 is 3.00 bits per heavy atom. The summed E-state index contributed by atoms with van der Waals surface area (Å²) in [6.07, 6.45) is 1.66. The maximum Gasteiger partial charge on any atom is 0.262 e. The van der Waals surface area contributed by atoms with Crippen molar-refractivity contribution >= 4 is 29.1 Å². The molecule has 0 spiro atoms. The SMILES string of the molecule is C=C(C)CN=c1scc(-c2ccc3c(c2)NC(=O)CO3)n1N=Cc1ccc(C)o1. The van der Waals surface area contributed by atoms with E-state index in [1.165, 1.54) is 11.3 Å². The Bertz CT molecular complexity index is 1180. The summed E-state index contributed by atoms with van der Waals surface area (Å²) in [5.74, 6) is 1.96. The van der Waals surface area contributed by atoms with Crippen LogP contribution < -0.4 is 14.9 Å². The first-order valence-corrected chi connectivity index (χ1v) is 9.91. The number of anilines is 1. The van der Waals surface area contributed by atoms with E-state index in [1.54, 1.807) is 10.9 Å². The molecule has 1 aliphatic rings. The third-order valence-electron chi connectivity index (χ3n) is 4.14. The summed E-state index contributed by atoms with van der Waals surface area (Å²) in [4.78, 5) is 17.0. The Labute approximate surface area is 171 Å². The maximum absolute atomic E-state index is 11.7. The number of furan rings is 1. The molecule has 0 fully saturated rings. The van der Waals surface area contributed by atoms with Crippen LogP contribution in [0.4, 0.5) is 5.69 Å². The minimum Gasteiger partial charge on any atom is -0.482 e. The molecule has 1 aliphatic heterocycles. The van der Waals surface area contributed by atoms with Crippen LogP contribution in [0.2, 0.25) is 0 Å². The Kier molecular flexibility index (Phi) is 5.18. The predicted octanol–water partition coefficient (Wildman–Crippen LogP) is 3.81. The van der Waals surface area contributed by atoms with Crippen molar-refractivity contribution in [3.8, 4) is 17.0 Å². The molecule has 2 aromatic heterocycles. The molecule has 29 heavy (non-hydrogen) atoms. The topological polar surface area (TPSA) is 81.1 Å². The fourth-order valence-electron chi connectivity index (χ4n) is 2.80. The van der Waals surface area contributed by atoms with Crippen LogP contribution in [-0.4, -0.2) is 29.9 Å². The summed E-state index contributed by atoms with van der Waals surface area (Å²) in [7, 11) is 0. The molecule has 148 valence electrons. The average molecular weight is 408 g/mol. The maximum atomic E-state index is 11.7. The molecular weight excluding hydrogens is 388 g/mol. The molecule has 1 N–H and O–H groups in total. The number of benzene rings is 1. The van der Waals surface area contributed by atoms with E-state index < -0.39 is 0 Å². The van der Waals surface area contributed by atoms with E-state index in [1.807, 2.05) is 49.6 Å². The lowest BCUT2D eigenvalue weighted by atomic mass is 10.1. The highest BCUT2D eigenvalue weighted by molar-refractivity contribution is 7.07. The number of rotatable bonds is 5.